The first kappa shape index (κ1) is 13.6. The Hall–Kier alpha value is -2.37. The van der Waals surface area contributed by atoms with Gasteiger partial charge in [-0.1, -0.05) is 6.07 Å². The molecule has 2 aromatic carbocycles. The van der Waals surface area contributed by atoms with Crippen molar-refractivity contribution >= 4 is 5.69 Å². The van der Waals surface area contributed by atoms with Gasteiger partial charge in [-0.25, -0.2) is 13.2 Å². The van der Waals surface area contributed by atoms with Gasteiger partial charge in [0, 0.05) is 18.7 Å². The number of hydrogen-bond acceptors (Lipinski definition) is 3. The summed E-state index contributed by atoms with van der Waals surface area (Å²) in [5, 5.41) is 2.62. The molecule has 6 heteroatoms. The summed E-state index contributed by atoms with van der Waals surface area (Å²) in [6.45, 7) is 1.14. The summed E-state index contributed by atoms with van der Waals surface area (Å²) < 4.78 is 50.6. The number of benzene rings is 2. The summed E-state index contributed by atoms with van der Waals surface area (Å²) in [5.41, 5.74) is 0.411. The first-order valence-corrected chi connectivity index (χ1v) is 6.40. The number of hydrogen-bond donors (Lipinski definition) is 1. The summed E-state index contributed by atoms with van der Waals surface area (Å²) in [7, 11) is 0. The molecule has 0 saturated carbocycles. The Morgan fingerprint density at radius 1 is 0.905 bits per heavy atom. The highest BCUT2D eigenvalue weighted by molar-refractivity contribution is 5.49. The van der Waals surface area contributed by atoms with Crippen LogP contribution in [0.1, 0.15) is 5.56 Å². The molecule has 0 fully saturated rings. The molecule has 0 bridgehead atoms. The Morgan fingerprint density at radius 3 is 2.29 bits per heavy atom. The quantitative estimate of drug-likeness (QED) is 0.940. The van der Waals surface area contributed by atoms with Gasteiger partial charge in [0.25, 0.3) is 0 Å². The van der Waals surface area contributed by atoms with E-state index in [1.807, 2.05) is 0 Å². The maximum atomic E-state index is 13.5. The average Bonchev–Trinajstić information content (AvgIpc) is 2.46. The van der Waals surface area contributed by atoms with Crippen molar-refractivity contribution in [2.75, 3.05) is 18.5 Å². The van der Waals surface area contributed by atoms with Gasteiger partial charge in [-0.15, -0.1) is 0 Å². The number of anilines is 1. The Balaban J connectivity index is 1.76. The monoisotopic (exact) mass is 295 g/mol. The summed E-state index contributed by atoms with van der Waals surface area (Å²) in [6, 6.07) is 6.51. The lowest BCUT2D eigenvalue weighted by molar-refractivity contribution is 0.171. The van der Waals surface area contributed by atoms with Crippen LogP contribution < -0.4 is 14.8 Å². The second kappa shape index (κ2) is 5.55. The van der Waals surface area contributed by atoms with E-state index in [0.29, 0.717) is 36.8 Å². The van der Waals surface area contributed by atoms with Crippen LogP contribution in [0.3, 0.4) is 0 Å². The van der Waals surface area contributed by atoms with Gasteiger partial charge >= 0.3 is 0 Å². The molecule has 1 N–H and O–H groups in total. The van der Waals surface area contributed by atoms with E-state index in [0.717, 1.165) is 5.56 Å². The zero-order chi connectivity index (χ0) is 14.8. The maximum Gasteiger partial charge on any atom is 0.161 e. The lowest BCUT2D eigenvalue weighted by Crippen LogP contribution is -2.15. The van der Waals surface area contributed by atoms with Crippen LogP contribution in [0.25, 0.3) is 0 Å². The van der Waals surface area contributed by atoms with Gasteiger partial charge in [-0.2, -0.15) is 0 Å². The normalized spacial score (nSPS) is 13.1. The molecule has 0 atom stereocenters. The molecular formula is C15H12F3NO2. The van der Waals surface area contributed by atoms with Crippen LogP contribution in [-0.2, 0) is 6.54 Å². The second-order valence-corrected chi connectivity index (χ2v) is 4.58. The predicted molar refractivity (Wildman–Crippen MR) is 71.1 cm³/mol. The third-order valence-electron chi connectivity index (χ3n) is 3.08. The van der Waals surface area contributed by atoms with E-state index in [4.69, 9.17) is 9.47 Å². The predicted octanol–water partition coefficient (Wildman–Crippen LogP) is 3.49. The SMILES string of the molecule is Fc1cc(F)c(NCc2ccc3c(c2)OCCO3)c(F)c1. The van der Waals surface area contributed by atoms with Crippen molar-refractivity contribution in [3.8, 4) is 11.5 Å². The van der Waals surface area contributed by atoms with E-state index in [1.165, 1.54) is 0 Å². The first-order valence-electron chi connectivity index (χ1n) is 6.40. The lowest BCUT2D eigenvalue weighted by atomic mass is 10.2. The van der Waals surface area contributed by atoms with Crippen molar-refractivity contribution in [3.05, 3.63) is 53.3 Å². The van der Waals surface area contributed by atoms with Crippen molar-refractivity contribution < 1.29 is 22.6 Å². The van der Waals surface area contributed by atoms with E-state index >= 15 is 0 Å². The molecule has 0 unspecified atom stereocenters. The second-order valence-electron chi connectivity index (χ2n) is 4.58. The van der Waals surface area contributed by atoms with Gasteiger partial charge in [-0.05, 0) is 17.7 Å². The summed E-state index contributed by atoms with van der Waals surface area (Å²) in [5.74, 6) is -1.64. The zero-order valence-corrected chi connectivity index (χ0v) is 11.0. The highest BCUT2D eigenvalue weighted by Crippen LogP contribution is 2.31. The molecule has 2 aromatic rings. The van der Waals surface area contributed by atoms with Crippen LogP contribution in [0, 0.1) is 17.5 Å². The highest BCUT2D eigenvalue weighted by Gasteiger charge is 2.13. The van der Waals surface area contributed by atoms with E-state index in [1.54, 1.807) is 18.2 Å². The van der Waals surface area contributed by atoms with Crippen LogP contribution in [0.4, 0.5) is 18.9 Å². The number of fused-ring (bicyclic) bond motifs is 1. The van der Waals surface area contributed by atoms with Crippen molar-refractivity contribution in [2.45, 2.75) is 6.54 Å². The van der Waals surface area contributed by atoms with Gasteiger partial charge in [0.05, 0.1) is 0 Å². The van der Waals surface area contributed by atoms with Gasteiger partial charge in [-0.3, -0.25) is 0 Å². The van der Waals surface area contributed by atoms with Gasteiger partial charge < -0.3 is 14.8 Å². The fourth-order valence-corrected chi connectivity index (χ4v) is 2.10. The minimum absolute atomic E-state index is 0.177. The Bertz CT molecular complexity index is 653. The summed E-state index contributed by atoms with van der Waals surface area (Å²) in [6.07, 6.45) is 0. The third-order valence-corrected chi connectivity index (χ3v) is 3.08. The van der Waals surface area contributed by atoms with Gasteiger partial charge in [0.2, 0.25) is 0 Å². The lowest BCUT2D eigenvalue weighted by Gasteiger charge is -2.19. The molecule has 0 aromatic heterocycles. The van der Waals surface area contributed by atoms with Crippen molar-refractivity contribution in [3.63, 3.8) is 0 Å². The molecule has 0 radical (unpaired) electrons. The number of ether oxygens (including phenoxy) is 2. The van der Waals surface area contributed by atoms with Crippen LogP contribution in [0.15, 0.2) is 30.3 Å². The van der Waals surface area contributed by atoms with E-state index in [2.05, 4.69) is 5.32 Å². The minimum atomic E-state index is -0.968. The first-order chi connectivity index (χ1) is 10.1. The number of halogens is 3. The fourth-order valence-electron chi connectivity index (χ4n) is 2.10. The molecule has 110 valence electrons. The Morgan fingerprint density at radius 2 is 1.57 bits per heavy atom. The maximum absolute atomic E-state index is 13.5. The molecule has 0 saturated heterocycles. The van der Waals surface area contributed by atoms with Gasteiger partial charge in [0.15, 0.2) is 23.1 Å². The average molecular weight is 295 g/mol. The van der Waals surface area contributed by atoms with Crippen LogP contribution >= 0.6 is 0 Å². The molecule has 0 amide bonds. The van der Waals surface area contributed by atoms with Gasteiger partial charge in [0.1, 0.15) is 24.7 Å². The van der Waals surface area contributed by atoms with Crippen molar-refractivity contribution in [1.29, 1.82) is 0 Å². The van der Waals surface area contributed by atoms with Crippen LogP contribution in [0.2, 0.25) is 0 Å². The largest absolute Gasteiger partial charge is 0.486 e. The summed E-state index contributed by atoms with van der Waals surface area (Å²) >= 11 is 0. The highest BCUT2D eigenvalue weighted by atomic mass is 19.1. The Labute approximate surface area is 119 Å². The number of rotatable bonds is 3. The summed E-state index contributed by atoms with van der Waals surface area (Å²) in [4.78, 5) is 0. The molecular weight excluding hydrogens is 283 g/mol. The fraction of sp³-hybridized carbons (Fsp3) is 0.200. The Kier molecular flexibility index (Phi) is 3.60. The van der Waals surface area contributed by atoms with E-state index in [-0.39, 0.29) is 12.2 Å². The number of nitrogens with one attached hydrogen (secondary N) is 1. The molecule has 1 aliphatic rings. The topological polar surface area (TPSA) is 30.5 Å². The van der Waals surface area contributed by atoms with Crippen molar-refractivity contribution in [2.24, 2.45) is 0 Å². The van der Waals surface area contributed by atoms with E-state index < -0.39 is 17.5 Å². The smallest absolute Gasteiger partial charge is 0.161 e. The minimum Gasteiger partial charge on any atom is -0.486 e. The molecule has 1 heterocycles. The van der Waals surface area contributed by atoms with Crippen LogP contribution in [0.5, 0.6) is 11.5 Å². The molecule has 0 spiro atoms. The zero-order valence-electron chi connectivity index (χ0n) is 11.0. The van der Waals surface area contributed by atoms with Crippen LogP contribution in [-0.4, -0.2) is 13.2 Å². The molecule has 1 aliphatic heterocycles. The van der Waals surface area contributed by atoms with Crippen molar-refractivity contribution in [1.82, 2.24) is 0 Å². The van der Waals surface area contributed by atoms with E-state index in [9.17, 15) is 13.2 Å². The standard InChI is InChI=1S/C15H12F3NO2/c16-10-6-11(17)15(12(18)7-10)19-8-9-1-2-13-14(5-9)21-4-3-20-13/h1-2,5-7,19H,3-4,8H2. The molecule has 3 nitrogen and oxygen atoms in total. The third kappa shape index (κ3) is 2.89. The molecule has 21 heavy (non-hydrogen) atoms. The molecule has 0 aliphatic carbocycles. The molecule has 3 rings (SSSR count).